The third-order valence-corrected chi connectivity index (χ3v) is 3.03. The maximum Gasteiger partial charge on any atom is 0.519 e. The molecule has 112 valence electrons. The highest BCUT2D eigenvalue weighted by Crippen LogP contribution is 2.20. The first-order valence-corrected chi connectivity index (χ1v) is 7.07. The topological polar surface area (TPSA) is 35.5 Å². The molecule has 0 aromatic heterocycles. The van der Waals surface area contributed by atoms with Crippen molar-refractivity contribution in [2.45, 2.75) is 13.8 Å². The van der Waals surface area contributed by atoms with Crippen molar-refractivity contribution in [1.29, 1.82) is 0 Å². The van der Waals surface area contributed by atoms with Gasteiger partial charge in [-0.05, 0) is 26.0 Å². The van der Waals surface area contributed by atoms with Gasteiger partial charge in [-0.1, -0.05) is 60.7 Å². The van der Waals surface area contributed by atoms with Crippen LogP contribution in [0.25, 0.3) is 11.5 Å². The van der Waals surface area contributed by atoms with Crippen LogP contribution in [0.2, 0.25) is 0 Å². The standard InChI is InChI=1S/C19H18O3/c1-3-17(15-11-7-5-8-12-15)21-19(20)22-18(4-2)16-13-9-6-10-14-16/h3-14H,1-2H3. The van der Waals surface area contributed by atoms with E-state index < -0.39 is 6.16 Å². The van der Waals surface area contributed by atoms with E-state index in [9.17, 15) is 4.79 Å². The lowest BCUT2D eigenvalue weighted by Crippen LogP contribution is -2.06. The van der Waals surface area contributed by atoms with E-state index in [-0.39, 0.29) is 0 Å². The lowest BCUT2D eigenvalue weighted by Gasteiger charge is -2.11. The molecule has 2 aromatic carbocycles. The summed E-state index contributed by atoms with van der Waals surface area (Å²) in [7, 11) is 0. The molecule has 0 aliphatic rings. The Labute approximate surface area is 130 Å². The van der Waals surface area contributed by atoms with Gasteiger partial charge in [0, 0.05) is 11.1 Å². The Kier molecular flexibility index (Phi) is 5.55. The van der Waals surface area contributed by atoms with Crippen LogP contribution in [-0.2, 0) is 9.47 Å². The molecule has 2 rings (SSSR count). The Morgan fingerprint density at radius 2 is 1.09 bits per heavy atom. The summed E-state index contributed by atoms with van der Waals surface area (Å²) in [4.78, 5) is 12.0. The second kappa shape index (κ2) is 7.84. The minimum Gasteiger partial charge on any atom is -0.394 e. The average molecular weight is 294 g/mol. The normalized spacial score (nSPS) is 11.9. The number of ether oxygens (including phenoxy) is 2. The Morgan fingerprint density at radius 1 is 0.727 bits per heavy atom. The molecule has 0 bridgehead atoms. The number of hydrogen-bond acceptors (Lipinski definition) is 3. The summed E-state index contributed by atoms with van der Waals surface area (Å²) in [5.41, 5.74) is 1.65. The van der Waals surface area contributed by atoms with Crippen molar-refractivity contribution in [3.05, 3.63) is 83.9 Å². The molecule has 22 heavy (non-hydrogen) atoms. The minimum atomic E-state index is -0.756. The van der Waals surface area contributed by atoms with E-state index in [4.69, 9.17) is 9.47 Å². The number of rotatable bonds is 4. The Bertz CT molecular complexity index is 611. The van der Waals surface area contributed by atoms with Gasteiger partial charge in [-0.3, -0.25) is 0 Å². The Hall–Kier alpha value is -2.81. The van der Waals surface area contributed by atoms with Crippen LogP contribution in [-0.4, -0.2) is 6.16 Å². The number of benzene rings is 2. The highest BCUT2D eigenvalue weighted by molar-refractivity contribution is 5.78. The van der Waals surface area contributed by atoms with Crippen LogP contribution in [0.3, 0.4) is 0 Å². The zero-order chi connectivity index (χ0) is 15.8. The monoisotopic (exact) mass is 294 g/mol. The number of carbonyl (C=O) groups is 1. The van der Waals surface area contributed by atoms with Crippen LogP contribution in [0, 0.1) is 0 Å². The third-order valence-electron chi connectivity index (χ3n) is 3.03. The van der Waals surface area contributed by atoms with Crippen LogP contribution in [0.5, 0.6) is 0 Å². The fraction of sp³-hybridized carbons (Fsp3) is 0.105. The van der Waals surface area contributed by atoms with Crippen molar-refractivity contribution in [1.82, 2.24) is 0 Å². The minimum absolute atomic E-state index is 0.467. The molecule has 0 radical (unpaired) electrons. The van der Waals surface area contributed by atoms with Crippen molar-refractivity contribution in [3.8, 4) is 0 Å². The summed E-state index contributed by atoms with van der Waals surface area (Å²) in [6.45, 7) is 3.62. The smallest absolute Gasteiger partial charge is 0.394 e. The maximum absolute atomic E-state index is 12.0. The second-order valence-corrected chi connectivity index (χ2v) is 4.49. The van der Waals surface area contributed by atoms with E-state index in [1.54, 1.807) is 12.2 Å². The van der Waals surface area contributed by atoms with Gasteiger partial charge >= 0.3 is 6.16 Å². The first-order chi connectivity index (χ1) is 10.7. The molecule has 0 unspecified atom stereocenters. The lowest BCUT2D eigenvalue weighted by molar-refractivity contribution is 0.132. The summed E-state index contributed by atoms with van der Waals surface area (Å²) < 4.78 is 10.6. The molecule has 0 aliphatic carbocycles. The van der Waals surface area contributed by atoms with Gasteiger partial charge in [-0.25, -0.2) is 4.79 Å². The van der Waals surface area contributed by atoms with Gasteiger partial charge in [0.15, 0.2) is 0 Å². The zero-order valence-electron chi connectivity index (χ0n) is 12.7. The molecule has 0 saturated carbocycles. The molecular weight excluding hydrogens is 276 g/mol. The zero-order valence-corrected chi connectivity index (χ0v) is 12.7. The molecule has 0 aliphatic heterocycles. The highest BCUT2D eigenvalue weighted by atomic mass is 16.7. The molecule has 0 saturated heterocycles. The molecule has 3 heteroatoms. The van der Waals surface area contributed by atoms with E-state index in [0.29, 0.717) is 11.5 Å². The average Bonchev–Trinajstić information content (AvgIpc) is 2.59. The quantitative estimate of drug-likeness (QED) is 0.570. The molecular formula is C19H18O3. The molecule has 3 nitrogen and oxygen atoms in total. The van der Waals surface area contributed by atoms with Crippen LogP contribution < -0.4 is 0 Å². The summed E-state index contributed by atoms with van der Waals surface area (Å²) in [6.07, 6.45) is 2.71. The second-order valence-electron chi connectivity index (χ2n) is 4.49. The van der Waals surface area contributed by atoms with Gasteiger partial charge in [-0.2, -0.15) is 0 Å². The SMILES string of the molecule is CC=C(OC(=O)OC(=CC)c1ccccc1)c1ccccc1. The fourth-order valence-corrected chi connectivity index (χ4v) is 1.97. The van der Waals surface area contributed by atoms with Gasteiger partial charge in [0.1, 0.15) is 11.5 Å². The molecule has 0 spiro atoms. The highest BCUT2D eigenvalue weighted by Gasteiger charge is 2.13. The molecule has 0 fully saturated rings. The Morgan fingerprint density at radius 3 is 1.41 bits per heavy atom. The molecule has 0 amide bonds. The first-order valence-electron chi connectivity index (χ1n) is 7.07. The molecule has 0 heterocycles. The van der Waals surface area contributed by atoms with Crippen molar-refractivity contribution in [2.75, 3.05) is 0 Å². The first kappa shape index (κ1) is 15.6. The van der Waals surface area contributed by atoms with E-state index in [2.05, 4.69) is 0 Å². The van der Waals surface area contributed by atoms with Gasteiger partial charge in [0.2, 0.25) is 0 Å². The molecule has 2 aromatic rings. The predicted octanol–water partition coefficient (Wildman–Crippen LogP) is 5.26. The van der Waals surface area contributed by atoms with Crippen LogP contribution >= 0.6 is 0 Å². The summed E-state index contributed by atoms with van der Waals surface area (Å²) in [5.74, 6) is 0.934. The third kappa shape index (κ3) is 4.09. The van der Waals surface area contributed by atoms with Crippen molar-refractivity contribution < 1.29 is 14.3 Å². The van der Waals surface area contributed by atoms with Crippen molar-refractivity contribution >= 4 is 17.7 Å². The van der Waals surface area contributed by atoms with Crippen LogP contribution in [0.4, 0.5) is 4.79 Å². The van der Waals surface area contributed by atoms with Crippen LogP contribution in [0.15, 0.2) is 72.8 Å². The van der Waals surface area contributed by atoms with Gasteiger partial charge < -0.3 is 9.47 Å². The van der Waals surface area contributed by atoms with E-state index in [0.717, 1.165) is 11.1 Å². The van der Waals surface area contributed by atoms with E-state index in [1.807, 2.05) is 74.5 Å². The van der Waals surface area contributed by atoms with Crippen molar-refractivity contribution in [3.63, 3.8) is 0 Å². The summed E-state index contributed by atoms with van der Waals surface area (Å²) in [6, 6.07) is 18.8. The molecule has 0 N–H and O–H groups in total. The van der Waals surface area contributed by atoms with Crippen molar-refractivity contribution in [2.24, 2.45) is 0 Å². The van der Waals surface area contributed by atoms with Gasteiger partial charge in [-0.15, -0.1) is 0 Å². The lowest BCUT2D eigenvalue weighted by atomic mass is 10.2. The largest absolute Gasteiger partial charge is 0.519 e. The van der Waals surface area contributed by atoms with E-state index in [1.165, 1.54) is 0 Å². The number of hydrogen-bond donors (Lipinski definition) is 0. The Balaban J connectivity index is 2.06. The van der Waals surface area contributed by atoms with Gasteiger partial charge in [0.25, 0.3) is 0 Å². The van der Waals surface area contributed by atoms with Gasteiger partial charge in [0.05, 0.1) is 0 Å². The number of allylic oxidation sites excluding steroid dienone is 2. The van der Waals surface area contributed by atoms with Crippen LogP contribution in [0.1, 0.15) is 25.0 Å². The fourth-order valence-electron chi connectivity index (χ4n) is 1.97. The maximum atomic E-state index is 12.0. The summed E-state index contributed by atoms with van der Waals surface area (Å²) in [5, 5.41) is 0. The number of carbonyl (C=O) groups excluding carboxylic acids is 1. The molecule has 0 atom stereocenters. The van der Waals surface area contributed by atoms with E-state index >= 15 is 0 Å². The predicted molar refractivity (Wildman–Crippen MR) is 87.8 cm³/mol. The summed E-state index contributed by atoms with van der Waals surface area (Å²) >= 11 is 0.